The lowest BCUT2D eigenvalue weighted by Crippen LogP contribution is -2.42. The van der Waals surface area contributed by atoms with E-state index in [0.29, 0.717) is 0 Å². The van der Waals surface area contributed by atoms with Gasteiger partial charge in [-0.1, -0.05) is 36.9 Å². The van der Waals surface area contributed by atoms with Crippen LogP contribution in [0.4, 0.5) is 10.5 Å². The second-order valence-electron chi connectivity index (χ2n) is 6.72. The predicted octanol–water partition coefficient (Wildman–Crippen LogP) is 4.21. The molecule has 1 fully saturated rings. The molecule has 2 aromatic rings. The van der Waals surface area contributed by atoms with Crippen molar-refractivity contribution in [2.24, 2.45) is 0 Å². The maximum atomic E-state index is 12.0. The van der Waals surface area contributed by atoms with Crippen molar-refractivity contribution < 1.29 is 14.3 Å². The van der Waals surface area contributed by atoms with Crippen molar-refractivity contribution in [2.75, 3.05) is 18.4 Å². The zero-order valence-corrected chi connectivity index (χ0v) is 17.0. The van der Waals surface area contributed by atoms with Crippen LogP contribution in [-0.2, 0) is 16.1 Å². The van der Waals surface area contributed by atoms with Gasteiger partial charge in [0.05, 0.1) is 0 Å². The lowest BCUT2D eigenvalue weighted by atomic mass is 10.1. The standard InChI is InChI=1S/C22H25N3O3S/c1-2-21(26)23-18-8-10-20(11-9-18)29-25-14-12-19(13-15-25)24-22(27)28-16-17-6-4-3-5-7-17/h2-11,19H,1,12-16H2,(H,23,26)(H,24,27). The predicted molar refractivity (Wildman–Crippen MR) is 115 cm³/mol. The summed E-state index contributed by atoms with van der Waals surface area (Å²) in [5, 5.41) is 5.69. The molecule has 29 heavy (non-hydrogen) atoms. The number of amides is 2. The van der Waals surface area contributed by atoms with E-state index in [1.807, 2.05) is 54.6 Å². The van der Waals surface area contributed by atoms with Gasteiger partial charge < -0.3 is 15.4 Å². The van der Waals surface area contributed by atoms with Gasteiger partial charge in [-0.3, -0.25) is 4.79 Å². The molecule has 0 saturated carbocycles. The van der Waals surface area contributed by atoms with E-state index in [1.54, 1.807) is 11.9 Å². The van der Waals surface area contributed by atoms with Crippen molar-refractivity contribution in [1.29, 1.82) is 0 Å². The number of hydrogen-bond acceptors (Lipinski definition) is 5. The number of alkyl carbamates (subject to hydrolysis) is 1. The summed E-state index contributed by atoms with van der Waals surface area (Å²) in [6.45, 7) is 5.48. The summed E-state index contributed by atoms with van der Waals surface area (Å²) >= 11 is 1.68. The summed E-state index contributed by atoms with van der Waals surface area (Å²) in [6, 6.07) is 17.5. The van der Waals surface area contributed by atoms with E-state index in [2.05, 4.69) is 21.5 Å². The summed E-state index contributed by atoms with van der Waals surface area (Å²) in [5.41, 5.74) is 1.72. The number of ether oxygens (including phenoxy) is 1. The molecule has 0 spiro atoms. The second-order valence-corrected chi connectivity index (χ2v) is 7.89. The van der Waals surface area contributed by atoms with Gasteiger partial charge in [-0.15, -0.1) is 0 Å². The normalized spacial score (nSPS) is 14.8. The van der Waals surface area contributed by atoms with Gasteiger partial charge in [0.25, 0.3) is 0 Å². The molecule has 7 heteroatoms. The van der Waals surface area contributed by atoms with Crippen LogP contribution in [0.5, 0.6) is 0 Å². The smallest absolute Gasteiger partial charge is 0.407 e. The Morgan fingerprint density at radius 1 is 1.10 bits per heavy atom. The van der Waals surface area contributed by atoms with Crippen LogP contribution in [0.2, 0.25) is 0 Å². The molecule has 152 valence electrons. The average molecular weight is 412 g/mol. The molecule has 0 bridgehead atoms. The van der Waals surface area contributed by atoms with E-state index in [0.717, 1.165) is 42.1 Å². The Hall–Kier alpha value is -2.77. The van der Waals surface area contributed by atoms with Crippen LogP contribution in [0.25, 0.3) is 0 Å². The molecule has 1 aliphatic heterocycles. The highest BCUT2D eigenvalue weighted by molar-refractivity contribution is 7.97. The molecule has 1 aliphatic rings. The first-order chi connectivity index (χ1) is 14.1. The molecular weight excluding hydrogens is 386 g/mol. The molecule has 2 amide bonds. The zero-order chi connectivity index (χ0) is 20.5. The monoisotopic (exact) mass is 411 g/mol. The van der Waals surface area contributed by atoms with Gasteiger partial charge in [0, 0.05) is 29.7 Å². The van der Waals surface area contributed by atoms with Crippen molar-refractivity contribution in [3.05, 3.63) is 72.8 Å². The number of benzene rings is 2. The minimum absolute atomic E-state index is 0.131. The summed E-state index contributed by atoms with van der Waals surface area (Å²) in [5.74, 6) is -0.220. The van der Waals surface area contributed by atoms with Crippen LogP contribution in [0, 0.1) is 0 Å². The van der Waals surface area contributed by atoms with Crippen molar-refractivity contribution >= 4 is 29.6 Å². The zero-order valence-electron chi connectivity index (χ0n) is 16.2. The van der Waals surface area contributed by atoms with Gasteiger partial charge in [-0.2, -0.15) is 0 Å². The fourth-order valence-electron chi connectivity index (χ4n) is 2.96. The first-order valence-electron chi connectivity index (χ1n) is 9.56. The molecule has 0 atom stereocenters. The van der Waals surface area contributed by atoms with E-state index < -0.39 is 0 Å². The minimum atomic E-state index is -0.364. The number of anilines is 1. The fourth-order valence-corrected chi connectivity index (χ4v) is 3.91. The number of carbonyl (C=O) groups is 2. The van der Waals surface area contributed by atoms with Crippen LogP contribution >= 0.6 is 11.9 Å². The van der Waals surface area contributed by atoms with E-state index in [9.17, 15) is 9.59 Å². The quantitative estimate of drug-likeness (QED) is 0.528. The summed E-state index contributed by atoms with van der Waals surface area (Å²) in [6.07, 6.45) is 2.64. The first kappa shape index (κ1) is 21.0. The van der Waals surface area contributed by atoms with Crippen LogP contribution < -0.4 is 10.6 Å². The summed E-state index contributed by atoms with van der Waals surface area (Å²) in [7, 11) is 0. The van der Waals surface area contributed by atoms with Gasteiger partial charge in [0.15, 0.2) is 0 Å². The van der Waals surface area contributed by atoms with Gasteiger partial charge >= 0.3 is 6.09 Å². The summed E-state index contributed by atoms with van der Waals surface area (Å²) in [4.78, 5) is 24.4. The highest BCUT2D eigenvalue weighted by atomic mass is 32.2. The SMILES string of the molecule is C=CC(=O)Nc1ccc(SN2CCC(NC(=O)OCc3ccccc3)CC2)cc1. The minimum Gasteiger partial charge on any atom is -0.445 e. The third kappa shape index (κ3) is 6.96. The topological polar surface area (TPSA) is 70.7 Å². The third-order valence-electron chi connectivity index (χ3n) is 4.53. The third-order valence-corrected chi connectivity index (χ3v) is 5.64. The van der Waals surface area contributed by atoms with E-state index in [4.69, 9.17) is 4.74 Å². The fraction of sp³-hybridized carbons (Fsp3) is 0.273. The highest BCUT2D eigenvalue weighted by Gasteiger charge is 2.21. The summed E-state index contributed by atoms with van der Waals surface area (Å²) < 4.78 is 7.58. The van der Waals surface area contributed by atoms with Crippen molar-refractivity contribution in [2.45, 2.75) is 30.4 Å². The molecule has 2 N–H and O–H groups in total. The molecule has 0 unspecified atom stereocenters. The lowest BCUT2D eigenvalue weighted by molar-refractivity contribution is -0.111. The number of nitrogens with one attached hydrogen (secondary N) is 2. The van der Waals surface area contributed by atoms with E-state index in [-0.39, 0.29) is 24.6 Å². The van der Waals surface area contributed by atoms with Crippen LogP contribution in [0.15, 0.2) is 72.1 Å². The van der Waals surface area contributed by atoms with E-state index >= 15 is 0 Å². The molecule has 0 aliphatic carbocycles. The highest BCUT2D eigenvalue weighted by Crippen LogP contribution is 2.27. The van der Waals surface area contributed by atoms with Crippen molar-refractivity contribution in [3.8, 4) is 0 Å². The van der Waals surface area contributed by atoms with Gasteiger partial charge in [-0.25, -0.2) is 9.10 Å². The van der Waals surface area contributed by atoms with Gasteiger partial charge in [-0.05, 0) is 60.7 Å². The maximum absolute atomic E-state index is 12.0. The first-order valence-corrected chi connectivity index (χ1v) is 10.3. The Morgan fingerprint density at radius 2 is 1.79 bits per heavy atom. The molecular formula is C22H25N3O3S. The van der Waals surface area contributed by atoms with Crippen molar-refractivity contribution in [1.82, 2.24) is 9.62 Å². The van der Waals surface area contributed by atoms with Gasteiger partial charge in [0.1, 0.15) is 6.61 Å². The molecule has 6 nitrogen and oxygen atoms in total. The van der Waals surface area contributed by atoms with E-state index in [1.165, 1.54) is 6.08 Å². The Morgan fingerprint density at radius 3 is 2.45 bits per heavy atom. The number of rotatable bonds is 7. The number of hydrogen-bond donors (Lipinski definition) is 2. The Kier molecular flexibility index (Phi) is 7.72. The number of piperidine rings is 1. The second kappa shape index (κ2) is 10.7. The van der Waals surface area contributed by atoms with Gasteiger partial charge in [0.2, 0.25) is 5.91 Å². The van der Waals surface area contributed by atoms with Crippen LogP contribution in [0.3, 0.4) is 0 Å². The Labute approximate surface area is 175 Å². The maximum Gasteiger partial charge on any atom is 0.407 e. The number of nitrogens with zero attached hydrogens (tertiary/aromatic N) is 1. The molecule has 3 rings (SSSR count). The molecule has 0 radical (unpaired) electrons. The Balaban J connectivity index is 1.37. The largest absolute Gasteiger partial charge is 0.445 e. The lowest BCUT2D eigenvalue weighted by Gasteiger charge is -2.31. The number of carbonyl (C=O) groups excluding carboxylic acids is 2. The molecule has 0 aromatic heterocycles. The molecule has 2 aromatic carbocycles. The average Bonchev–Trinajstić information content (AvgIpc) is 2.75. The molecule has 1 heterocycles. The van der Waals surface area contributed by atoms with Crippen LogP contribution in [-0.4, -0.2) is 35.4 Å². The Bertz CT molecular complexity index is 819. The van der Waals surface area contributed by atoms with Crippen molar-refractivity contribution in [3.63, 3.8) is 0 Å². The molecule has 1 saturated heterocycles. The van der Waals surface area contributed by atoms with Crippen LogP contribution in [0.1, 0.15) is 18.4 Å².